The number of rotatable bonds is 6. The molecule has 2 aliphatic heterocycles. The molecule has 0 aromatic heterocycles. The van der Waals surface area contributed by atoms with Gasteiger partial charge in [-0.15, -0.1) is 0 Å². The van der Waals surface area contributed by atoms with E-state index in [9.17, 15) is 15.0 Å². The lowest BCUT2D eigenvalue weighted by atomic mass is 9.77. The van der Waals surface area contributed by atoms with Crippen molar-refractivity contribution in [3.05, 3.63) is 76.9 Å². The van der Waals surface area contributed by atoms with Gasteiger partial charge in [0.25, 0.3) is 0 Å². The maximum Gasteiger partial charge on any atom is 0.340 e. The van der Waals surface area contributed by atoms with Gasteiger partial charge in [-0.2, -0.15) is 0 Å². The predicted octanol–water partition coefficient (Wildman–Crippen LogP) is 4.08. The van der Waals surface area contributed by atoms with Gasteiger partial charge in [0.15, 0.2) is 10.7 Å². The minimum absolute atomic E-state index is 0.00985. The Labute approximate surface area is 207 Å². The molecular formula is C26H25N3O5S. The van der Waals surface area contributed by atoms with E-state index >= 15 is 0 Å². The van der Waals surface area contributed by atoms with Crippen LogP contribution in [0.25, 0.3) is 0 Å². The Kier molecular flexibility index (Phi) is 5.96. The van der Waals surface area contributed by atoms with E-state index < -0.39 is 11.6 Å². The summed E-state index contributed by atoms with van der Waals surface area (Å²) in [6.07, 6.45) is 2.97. The van der Waals surface area contributed by atoms with Crippen molar-refractivity contribution in [3.63, 3.8) is 0 Å². The van der Waals surface area contributed by atoms with E-state index in [1.165, 1.54) is 24.3 Å². The zero-order valence-electron chi connectivity index (χ0n) is 18.8. The van der Waals surface area contributed by atoms with E-state index in [0.717, 1.165) is 25.8 Å². The molecule has 6 N–H and O–H groups in total. The average Bonchev–Trinajstić information content (AvgIpc) is 3.11. The van der Waals surface area contributed by atoms with E-state index in [-0.39, 0.29) is 11.5 Å². The van der Waals surface area contributed by atoms with Gasteiger partial charge in [0.1, 0.15) is 23.0 Å². The molecule has 9 heteroatoms. The summed E-state index contributed by atoms with van der Waals surface area (Å²) in [7, 11) is 0. The zero-order chi connectivity index (χ0) is 24.6. The summed E-state index contributed by atoms with van der Waals surface area (Å²) >= 11 is 5.39. The average molecular weight is 492 g/mol. The molecule has 8 nitrogen and oxygen atoms in total. The fourth-order valence-corrected chi connectivity index (χ4v) is 4.83. The number of unbranched alkanes of at least 4 members (excludes halogenated alkanes) is 2. The van der Waals surface area contributed by atoms with E-state index in [0.29, 0.717) is 51.1 Å². The van der Waals surface area contributed by atoms with Crippen LogP contribution in [0.1, 0.15) is 46.3 Å². The maximum absolute atomic E-state index is 13.2. The van der Waals surface area contributed by atoms with E-state index in [1.54, 1.807) is 18.2 Å². The smallest absolute Gasteiger partial charge is 0.340 e. The number of esters is 1. The van der Waals surface area contributed by atoms with Crippen molar-refractivity contribution in [2.75, 3.05) is 18.4 Å². The molecule has 0 saturated carbocycles. The van der Waals surface area contributed by atoms with Gasteiger partial charge in [-0.1, -0.05) is 12.5 Å². The molecule has 0 aliphatic carbocycles. The summed E-state index contributed by atoms with van der Waals surface area (Å²) in [4.78, 5) is 13.2. The molecule has 0 atom stereocenters. The second kappa shape index (κ2) is 9.09. The highest BCUT2D eigenvalue weighted by Gasteiger charge is 2.53. The van der Waals surface area contributed by atoms with Gasteiger partial charge in [0, 0.05) is 41.1 Å². The first kappa shape index (κ1) is 22.9. The fourth-order valence-electron chi connectivity index (χ4n) is 4.61. The van der Waals surface area contributed by atoms with Crippen LogP contribution in [0.3, 0.4) is 0 Å². The lowest BCUT2D eigenvalue weighted by Gasteiger charge is -2.36. The van der Waals surface area contributed by atoms with Gasteiger partial charge in [0.2, 0.25) is 0 Å². The quantitative estimate of drug-likeness (QED) is 0.197. The van der Waals surface area contributed by atoms with Crippen LogP contribution in [0.4, 0.5) is 5.69 Å². The Hall–Kier alpha value is -3.82. The summed E-state index contributed by atoms with van der Waals surface area (Å²) in [6.45, 7) is 1.41. The topological polar surface area (TPSA) is 126 Å². The Bertz CT molecular complexity index is 1270. The third-order valence-electron chi connectivity index (χ3n) is 6.20. The third kappa shape index (κ3) is 4.02. The van der Waals surface area contributed by atoms with Gasteiger partial charge >= 0.3 is 5.97 Å². The highest BCUT2D eigenvalue weighted by molar-refractivity contribution is 7.80. The van der Waals surface area contributed by atoms with Crippen LogP contribution >= 0.6 is 12.2 Å². The van der Waals surface area contributed by atoms with Crippen LogP contribution in [-0.2, 0) is 10.3 Å². The van der Waals surface area contributed by atoms with Crippen molar-refractivity contribution in [3.8, 4) is 23.0 Å². The highest BCUT2D eigenvalue weighted by Crippen LogP contribution is 2.57. The molecule has 180 valence electrons. The number of carbonyl (C=O) groups is 1. The number of hydrogen-bond donors (Lipinski definition) is 5. The summed E-state index contributed by atoms with van der Waals surface area (Å²) in [5.41, 5.74) is 7.08. The Morgan fingerprint density at radius 2 is 1.57 bits per heavy atom. The fraction of sp³-hybridized carbons (Fsp3) is 0.231. The zero-order valence-corrected chi connectivity index (χ0v) is 19.7. The van der Waals surface area contributed by atoms with Crippen LogP contribution in [0.5, 0.6) is 23.0 Å². The molecule has 2 aliphatic rings. The van der Waals surface area contributed by atoms with Crippen LogP contribution in [-0.4, -0.2) is 34.4 Å². The number of nitrogens with two attached hydrogens (primary N) is 1. The number of aromatic hydroxyl groups is 2. The molecule has 0 unspecified atom stereocenters. The van der Waals surface area contributed by atoms with Gasteiger partial charge < -0.3 is 36.1 Å². The molecule has 35 heavy (non-hydrogen) atoms. The molecule has 0 saturated heterocycles. The van der Waals surface area contributed by atoms with E-state index in [1.807, 2.05) is 12.1 Å². The standard InChI is InChI=1S/C26H25N3O5S/c27-10-2-1-3-11-28-25(35)29-15-4-7-19-18(12-15)24(32)34-26(19)20-8-5-16(30)13-22(20)33-23-14-17(31)6-9-21(23)26/h4-9,12-14,30-31H,1-3,10-11,27H2,(H2,28,29,35). The predicted molar refractivity (Wildman–Crippen MR) is 135 cm³/mol. The minimum Gasteiger partial charge on any atom is -0.508 e. The van der Waals surface area contributed by atoms with E-state index in [4.69, 9.17) is 27.4 Å². The number of phenolic OH excluding ortho intramolecular Hbond substituents is 2. The number of fused-ring (bicyclic) bond motifs is 6. The lowest BCUT2D eigenvalue weighted by molar-refractivity contribution is 0.0224. The number of hydrogen-bond acceptors (Lipinski definition) is 7. The van der Waals surface area contributed by atoms with Gasteiger partial charge in [-0.05, 0) is 68.0 Å². The van der Waals surface area contributed by atoms with Crippen molar-refractivity contribution < 1.29 is 24.5 Å². The largest absolute Gasteiger partial charge is 0.508 e. The maximum atomic E-state index is 13.2. The number of carbonyl (C=O) groups excluding carboxylic acids is 1. The molecule has 0 fully saturated rings. The van der Waals surface area contributed by atoms with Gasteiger partial charge in [-0.3, -0.25) is 0 Å². The summed E-state index contributed by atoms with van der Waals surface area (Å²) in [5.74, 6) is 0.201. The number of ether oxygens (including phenoxy) is 2. The number of nitrogens with one attached hydrogen (secondary N) is 2. The molecule has 1 spiro atoms. The SMILES string of the molecule is NCCCCCNC(=S)Nc1ccc2c(c1)C(=O)OC21c2ccc(O)cc2Oc2cc(O)ccc21. The van der Waals surface area contributed by atoms with Crippen molar-refractivity contribution >= 4 is 29.0 Å². The first-order chi connectivity index (χ1) is 16.9. The molecule has 3 aromatic carbocycles. The van der Waals surface area contributed by atoms with Crippen molar-refractivity contribution in [1.29, 1.82) is 0 Å². The monoisotopic (exact) mass is 491 g/mol. The molecule has 5 rings (SSSR count). The highest BCUT2D eigenvalue weighted by atomic mass is 32.1. The van der Waals surface area contributed by atoms with Crippen molar-refractivity contribution in [1.82, 2.24) is 5.32 Å². The number of anilines is 1. The molecule has 0 bridgehead atoms. The summed E-state index contributed by atoms with van der Waals surface area (Å²) in [5, 5.41) is 26.8. The normalized spacial score (nSPS) is 14.4. The number of benzene rings is 3. The first-order valence-corrected chi connectivity index (χ1v) is 11.8. The molecule has 0 amide bonds. The Balaban J connectivity index is 1.50. The Morgan fingerprint density at radius 3 is 2.23 bits per heavy atom. The van der Waals surface area contributed by atoms with Gasteiger partial charge in [0.05, 0.1) is 5.56 Å². The summed E-state index contributed by atoms with van der Waals surface area (Å²) < 4.78 is 12.0. The second-order valence-corrected chi connectivity index (χ2v) is 8.93. The van der Waals surface area contributed by atoms with Crippen molar-refractivity contribution in [2.45, 2.75) is 24.9 Å². The van der Waals surface area contributed by atoms with Crippen LogP contribution < -0.4 is 21.1 Å². The lowest BCUT2D eigenvalue weighted by Crippen LogP contribution is -2.33. The molecule has 0 radical (unpaired) electrons. The van der Waals surface area contributed by atoms with E-state index in [2.05, 4.69) is 10.6 Å². The number of thiocarbonyl (C=S) groups is 1. The molecule has 2 heterocycles. The molecular weight excluding hydrogens is 466 g/mol. The minimum atomic E-state index is -1.28. The summed E-state index contributed by atoms with van der Waals surface area (Å²) in [6, 6.07) is 14.7. The van der Waals surface area contributed by atoms with Gasteiger partial charge in [-0.25, -0.2) is 4.79 Å². The Morgan fingerprint density at radius 1 is 0.914 bits per heavy atom. The number of phenols is 2. The first-order valence-electron chi connectivity index (χ1n) is 11.4. The molecule has 3 aromatic rings. The van der Waals surface area contributed by atoms with Crippen LogP contribution in [0.15, 0.2) is 54.6 Å². The van der Waals surface area contributed by atoms with Crippen molar-refractivity contribution in [2.24, 2.45) is 5.73 Å². The van der Waals surface area contributed by atoms with Crippen LogP contribution in [0, 0.1) is 0 Å². The van der Waals surface area contributed by atoms with Crippen LogP contribution in [0.2, 0.25) is 0 Å². The second-order valence-electron chi connectivity index (χ2n) is 8.52. The third-order valence-corrected chi connectivity index (χ3v) is 6.44.